The molecule has 0 amide bonds. The van der Waals surface area contributed by atoms with Gasteiger partial charge in [-0.25, -0.2) is 9.97 Å². The Labute approximate surface area is 326 Å². The number of aromatic amines is 2. The van der Waals surface area contributed by atoms with Crippen molar-refractivity contribution in [2.24, 2.45) is 5.16 Å². The van der Waals surface area contributed by atoms with Gasteiger partial charge in [0.15, 0.2) is 6.10 Å². The number of hydrogen-bond donors (Lipinski definition) is 2. The van der Waals surface area contributed by atoms with Gasteiger partial charge in [-0.1, -0.05) is 146 Å². The number of hydrogen-bond acceptors (Lipinski definition) is 4. The summed E-state index contributed by atoms with van der Waals surface area (Å²) in [6.45, 7) is 2.24. The van der Waals surface area contributed by atoms with Crippen LogP contribution in [-0.4, -0.2) is 25.6 Å². The van der Waals surface area contributed by atoms with Crippen molar-refractivity contribution < 1.29 is 4.84 Å². The lowest BCUT2D eigenvalue weighted by molar-refractivity contribution is 0.0799. The summed E-state index contributed by atoms with van der Waals surface area (Å²) in [5, 5.41) is 4.86. The molecule has 0 radical (unpaired) electrons. The zero-order chi connectivity index (χ0) is 37.4. The first-order valence-electron chi connectivity index (χ1n) is 19.7. The average molecular weight is 728 g/mol. The second-order valence-electron chi connectivity index (χ2n) is 14.7. The lowest BCUT2D eigenvalue weighted by atomic mass is 9.86. The first-order valence-corrected chi connectivity index (χ1v) is 19.7. The van der Waals surface area contributed by atoms with Crippen LogP contribution in [0.1, 0.15) is 78.8 Å². The topological polar surface area (TPSA) is 79.0 Å². The Bertz CT molecular complexity index is 2730. The molecule has 0 saturated heterocycles. The molecule has 6 heterocycles. The predicted molar refractivity (Wildman–Crippen MR) is 230 cm³/mol. The molecule has 4 aromatic carbocycles. The summed E-state index contributed by atoms with van der Waals surface area (Å²) in [7, 11) is 0. The van der Waals surface area contributed by atoms with Crippen LogP contribution in [0.2, 0.25) is 0 Å². The zero-order valence-electron chi connectivity index (χ0n) is 31.2. The molecule has 0 spiro atoms. The van der Waals surface area contributed by atoms with Crippen molar-refractivity contribution in [1.29, 1.82) is 0 Å². The van der Waals surface area contributed by atoms with E-state index < -0.39 is 0 Å². The predicted octanol–water partition coefficient (Wildman–Crippen LogP) is 12.8. The standard InChI is InChI=1S/C50H41N5O/c1-2-3-8-25-42-47-48-45(34-21-13-6-14-22-34)40-30-28-38(52-40)43(32-17-9-4-10-18-32)36-26-27-37(51-36)44(33-19-11-5-12-20-33)39-29-31-41(53-39)46(35-23-15-7-16-24-35)49(54-48)50(47)56-55-42/h4-7,9-24,26-31,47,50-51,54H,2-3,8,25H2,1H3/t47-,50-/m1/s1. The smallest absolute Gasteiger partial charge is 0.181 e. The summed E-state index contributed by atoms with van der Waals surface area (Å²) in [5.74, 6) is -0.115. The van der Waals surface area contributed by atoms with Crippen LogP contribution in [0.5, 0.6) is 0 Å². The molecule has 272 valence electrons. The zero-order valence-corrected chi connectivity index (χ0v) is 31.2. The highest BCUT2D eigenvalue weighted by Gasteiger charge is 2.44. The Hall–Kier alpha value is -6.79. The van der Waals surface area contributed by atoms with E-state index in [2.05, 4.69) is 175 Å². The van der Waals surface area contributed by atoms with Crippen LogP contribution < -0.4 is 0 Å². The van der Waals surface area contributed by atoms with E-state index in [1.165, 1.54) is 0 Å². The molecule has 2 N–H and O–H groups in total. The Balaban J connectivity index is 1.39. The molecular formula is C50H41N5O. The van der Waals surface area contributed by atoms with E-state index in [1.54, 1.807) is 0 Å². The van der Waals surface area contributed by atoms with Gasteiger partial charge in [0.1, 0.15) is 0 Å². The third kappa shape index (κ3) is 5.95. The fourth-order valence-corrected chi connectivity index (χ4v) is 8.58. The van der Waals surface area contributed by atoms with E-state index in [-0.39, 0.29) is 12.0 Å². The van der Waals surface area contributed by atoms with E-state index in [1.807, 2.05) is 0 Å². The quantitative estimate of drug-likeness (QED) is 0.153. The fraction of sp³-hybridized carbons (Fsp3) is 0.140. The van der Waals surface area contributed by atoms with Crippen LogP contribution in [0.3, 0.4) is 0 Å². The van der Waals surface area contributed by atoms with Gasteiger partial charge in [0.2, 0.25) is 0 Å². The van der Waals surface area contributed by atoms with Crippen LogP contribution in [0, 0.1) is 0 Å². The normalized spacial score (nSPS) is 16.0. The Morgan fingerprint density at radius 2 is 0.911 bits per heavy atom. The summed E-state index contributed by atoms with van der Waals surface area (Å²) in [4.78, 5) is 25.4. The lowest BCUT2D eigenvalue weighted by Crippen LogP contribution is -2.12. The molecule has 6 heteroatoms. The van der Waals surface area contributed by atoms with Gasteiger partial charge in [0.25, 0.3) is 0 Å². The first-order chi connectivity index (χ1) is 27.7. The maximum absolute atomic E-state index is 6.55. The van der Waals surface area contributed by atoms with Crippen molar-refractivity contribution in [3.63, 3.8) is 0 Å². The van der Waals surface area contributed by atoms with Gasteiger partial charge in [0.05, 0.1) is 40.1 Å². The second kappa shape index (κ2) is 14.5. The van der Waals surface area contributed by atoms with Crippen molar-refractivity contribution in [2.75, 3.05) is 0 Å². The van der Waals surface area contributed by atoms with Gasteiger partial charge in [-0.15, -0.1) is 0 Å². The molecule has 0 unspecified atom stereocenters. The molecule has 6 nitrogen and oxygen atoms in total. The van der Waals surface area contributed by atoms with Crippen molar-refractivity contribution in [2.45, 2.75) is 44.6 Å². The number of unbranched alkanes of at least 4 members (excludes halogenated alkanes) is 2. The number of rotatable bonds is 8. The minimum atomic E-state index is -0.352. The SMILES string of the molecule is CCCCCC1=NO[C@H]2c3[nH]c(c(-c4ccccc4)c4nc(c(-c5ccccc5)c5ccc([nH]5)c(-c5ccccc5)c5nc(c3-c3ccccc3)C=C5)C=C4)[C@@H]12. The molecule has 2 aromatic heterocycles. The number of aromatic nitrogens is 4. The summed E-state index contributed by atoms with van der Waals surface area (Å²) in [6, 6.07) is 46.6. The fourth-order valence-electron chi connectivity index (χ4n) is 8.58. The second-order valence-corrected chi connectivity index (χ2v) is 14.7. The van der Waals surface area contributed by atoms with Gasteiger partial charge >= 0.3 is 0 Å². The maximum Gasteiger partial charge on any atom is 0.181 e. The molecule has 0 saturated carbocycles. The Morgan fingerprint density at radius 3 is 1.38 bits per heavy atom. The number of oxime groups is 1. The summed E-state index contributed by atoms with van der Waals surface area (Å²) in [5.41, 5.74) is 17.0. The molecule has 4 aliphatic rings. The Morgan fingerprint density at radius 1 is 0.482 bits per heavy atom. The minimum absolute atomic E-state index is 0.115. The van der Waals surface area contributed by atoms with Gasteiger partial charge in [-0.3, -0.25) is 0 Å². The molecule has 56 heavy (non-hydrogen) atoms. The van der Waals surface area contributed by atoms with E-state index in [0.29, 0.717) is 0 Å². The molecule has 0 fully saturated rings. The molecular weight excluding hydrogens is 687 g/mol. The molecule has 0 aliphatic carbocycles. The number of fused-ring (bicyclic) bond motifs is 11. The van der Waals surface area contributed by atoms with Crippen LogP contribution in [0.15, 0.2) is 139 Å². The van der Waals surface area contributed by atoms with Crippen LogP contribution in [0.4, 0.5) is 0 Å². The Kier molecular flexibility index (Phi) is 8.71. The van der Waals surface area contributed by atoms with Crippen molar-refractivity contribution in [1.82, 2.24) is 19.9 Å². The molecule has 6 aromatic rings. The van der Waals surface area contributed by atoms with Crippen LogP contribution in [-0.2, 0) is 4.84 Å². The van der Waals surface area contributed by atoms with Gasteiger partial charge in [-0.2, -0.15) is 0 Å². The van der Waals surface area contributed by atoms with Gasteiger partial charge in [-0.05, 0) is 71.5 Å². The summed E-state index contributed by atoms with van der Waals surface area (Å²) in [6.07, 6.45) is 12.5. The average Bonchev–Trinajstić information content (AvgIpc) is 4.11. The van der Waals surface area contributed by atoms with E-state index >= 15 is 0 Å². The molecule has 4 aliphatic heterocycles. The third-order valence-electron chi connectivity index (χ3n) is 11.2. The number of nitrogens with one attached hydrogen (secondary N) is 2. The molecule has 10 rings (SSSR count). The summed E-state index contributed by atoms with van der Waals surface area (Å²) < 4.78 is 0. The third-order valence-corrected chi connectivity index (χ3v) is 11.2. The van der Waals surface area contributed by atoms with Crippen LogP contribution >= 0.6 is 0 Å². The monoisotopic (exact) mass is 727 g/mol. The maximum atomic E-state index is 6.55. The number of H-pyrrole nitrogens is 2. The highest BCUT2D eigenvalue weighted by molar-refractivity contribution is 5.99. The van der Waals surface area contributed by atoms with E-state index in [4.69, 9.17) is 20.0 Å². The van der Waals surface area contributed by atoms with Crippen molar-refractivity contribution >= 4 is 41.0 Å². The minimum Gasteiger partial charge on any atom is -0.385 e. The van der Waals surface area contributed by atoms with E-state index in [0.717, 1.165) is 121 Å². The van der Waals surface area contributed by atoms with Gasteiger partial charge in [0, 0.05) is 39.0 Å². The summed E-state index contributed by atoms with van der Waals surface area (Å²) >= 11 is 0. The number of benzene rings is 4. The first kappa shape index (κ1) is 33.8. The van der Waals surface area contributed by atoms with Crippen molar-refractivity contribution in [3.05, 3.63) is 168 Å². The highest BCUT2D eigenvalue weighted by atomic mass is 16.6. The lowest BCUT2D eigenvalue weighted by Gasteiger charge is -2.15. The van der Waals surface area contributed by atoms with Gasteiger partial charge < -0.3 is 14.8 Å². The van der Waals surface area contributed by atoms with E-state index in [9.17, 15) is 0 Å². The molecule has 8 bridgehead atoms. The highest BCUT2D eigenvalue weighted by Crippen LogP contribution is 2.51. The largest absolute Gasteiger partial charge is 0.385 e. The molecule has 2 atom stereocenters. The van der Waals surface area contributed by atoms with Crippen LogP contribution in [0.25, 0.3) is 79.8 Å². The number of nitrogens with zero attached hydrogens (tertiary/aromatic N) is 3. The van der Waals surface area contributed by atoms with Crippen molar-refractivity contribution in [3.8, 4) is 44.5 Å².